The van der Waals surface area contributed by atoms with Crippen LogP contribution in [0.15, 0.2) is 24.3 Å². The van der Waals surface area contributed by atoms with E-state index in [1.165, 1.54) is 24.6 Å². The summed E-state index contributed by atoms with van der Waals surface area (Å²) >= 11 is 1.11. The molecule has 0 aliphatic heterocycles. The van der Waals surface area contributed by atoms with Crippen molar-refractivity contribution < 1.29 is 14.0 Å². The molecule has 1 saturated carbocycles. The number of aryl methyl sites for hydroxylation is 1. The van der Waals surface area contributed by atoms with E-state index in [0.717, 1.165) is 37.0 Å². The molecule has 1 heterocycles. The van der Waals surface area contributed by atoms with Gasteiger partial charge in [0.25, 0.3) is 11.8 Å². The zero-order chi connectivity index (χ0) is 17.8. The van der Waals surface area contributed by atoms with Gasteiger partial charge in [-0.15, -0.1) is 0 Å². The molecule has 25 heavy (non-hydrogen) atoms. The van der Waals surface area contributed by atoms with E-state index < -0.39 is 11.7 Å². The number of hydrogen-bond acceptors (Lipinski definition) is 4. The summed E-state index contributed by atoms with van der Waals surface area (Å²) in [6.07, 6.45) is 5.49. The summed E-state index contributed by atoms with van der Waals surface area (Å²) in [7, 11) is 0. The Morgan fingerprint density at radius 3 is 2.60 bits per heavy atom. The molecule has 0 atom stereocenters. The van der Waals surface area contributed by atoms with E-state index in [2.05, 4.69) is 15.6 Å². The van der Waals surface area contributed by atoms with Crippen LogP contribution in [0.2, 0.25) is 0 Å². The number of amides is 2. The molecule has 2 amide bonds. The van der Waals surface area contributed by atoms with E-state index in [1.54, 1.807) is 13.0 Å². The lowest BCUT2D eigenvalue weighted by molar-refractivity contribution is 0.0930. The third-order valence-electron chi connectivity index (χ3n) is 4.28. The molecular formula is C18H20FN3O2S. The summed E-state index contributed by atoms with van der Waals surface area (Å²) in [5.74, 6) is -1.33. The monoisotopic (exact) mass is 361 g/mol. The van der Waals surface area contributed by atoms with Crippen LogP contribution in [0, 0.1) is 12.7 Å². The van der Waals surface area contributed by atoms with Crippen LogP contribution in [-0.4, -0.2) is 22.8 Å². The first-order valence-electron chi connectivity index (χ1n) is 8.39. The predicted octanol–water partition coefficient (Wildman–Crippen LogP) is 3.91. The zero-order valence-electron chi connectivity index (χ0n) is 14.0. The molecule has 132 valence electrons. The van der Waals surface area contributed by atoms with Crippen molar-refractivity contribution in [2.24, 2.45) is 0 Å². The maximum Gasteiger partial charge on any atom is 0.263 e. The SMILES string of the molecule is Cc1nc(NC(=O)c2ccccc2F)sc1C(=O)NC1CCCCC1. The Morgan fingerprint density at radius 2 is 1.88 bits per heavy atom. The van der Waals surface area contributed by atoms with Crippen molar-refractivity contribution in [2.45, 2.75) is 45.1 Å². The Balaban J connectivity index is 1.68. The largest absolute Gasteiger partial charge is 0.349 e. The fourth-order valence-corrected chi connectivity index (χ4v) is 3.83. The number of nitrogens with one attached hydrogen (secondary N) is 2. The first-order valence-corrected chi connectivity index (χ1v) is 9.20. The highest BCUT2D eigenvalue weighted by molar-refractivity contribution is 7.17. The number of benzene rings is 1. The Labute approximate surface area is 149 Å². The molecule has 0 radical (unpaired) electrons. The second kappa shape index (κ2) is 7.74. The second-order valence-electron chi connectivity index (χ2n) is 6.18. The van der Waals surface area contributed by atoms with E-state index in [9.17, 15) is 14.0 Å². The molecule has 1 aliphatic carbocycles. The molecule has 1 fully saturated rings. The zero-order valence-corrected chi connectivity index (χ0v) is 14.8. The Kier molecular flexibility index (Phi) is 5.43. The van der Waals surface area contributed by atoms with Gasteiger partial charge in [0.15, 0.2) is 5.13 Å². The van der Waals surface area contributed by atoms with Gasteiger partial charge in [0, 0.05) is 6.04 Å². The van der Waals surface area contributed by atoms with Crippen molar-refractivity contribution in [2.75, 3.05) is 5.32 Å². The molecule has 2 aromatic rings. The summed E-state index contributed by atoms with van der Waals surface area (Å²) in [6, 6.07) is 5.95. The van der Waals surface area contributed by atoms with Gasteiger partial charge in [-0.25, -0.2) is 9.37 Å². The third kappa shape index (κ3) is 4.22. The topological polar surface area (TPSA) is 71.1 Å². The van der Waals surface area contributed by atoms with Crippen molar-refractivity contribution in [3.63, 3.8) is 0 Å². The summed E-state index contributed by atoms with van der Waals surface area (Å²) in [6.45, 7) is 1.73. The van der Waals surface area contributed by atoms with Crippen LogP contribution in [0.1, 0.15) is 57.8 Å². The summed E-state index contributed by atoms with van der Waals surface area (Å²) in [5, 5.41) is 5.90. The molecule has 2 N–H and O–H groups in total. The quantitative estimate of drug-likeness (QED) is 0.867. The molecular weight excluding hydrogens is 341 g/mol. The minimum Gasteiger partial charge on any atom is -0.349 e. The number of rotatable bonds is 4. The molecule has 0 bridgehead atoms. The molecule has 1 aliphatic rings. The lowest BCUT2D eigenvalue weighted by atomic mass is 9.95. The maximum absolute atomic E-state index is 13.7. The predicted molar refractivity (Wildman–Crippen MR) is 95.5 cm³/mol. The number of carbonyl (C=O) groups is 2. The second-order valence-corrected chi connectivity index (χ2v) is 7.17. The molecule has 0 saturated heterocycles. The number of aromatic nitrogens is 1. The first-order chi connectivity index (χ1) is 12.0. The number of halogens is 1. The highest BCUT2D eigenvalue weighted by atomic mass is 32.1. The van der Waals surface area contributed by atoms with E-state index in [0.29, 0.717) is 15.7 Å². The summed E-state index contributed by atoms with van der Waals surface area (Å²) < 4.78 is 13.7. The fraction of sp³-hybridized carbons (Fsp3) is 0.389. The Bertz CT molecular complexity index is 784. The van der Waals surface area contributed by atoms with Crippen LogP contribution < -0.4 is 10.6 Å². The van der Waals surface area contributed by atoms with Gasteiger partial charge in [-0.1, -0.05) is 42.7 Å². The summed E-state index contributed by atoms with van der Waals surface area (Å²) in [4.78, 5) is 29.3. The van der Waals surface area contributed by atoms with Gasteiger partial charge in [0.05, 0.1) is 11.3 Å². The smallest absolute Gasteiger partial charge is 0.263 e. The van der Waals surface area contributed by atoms with Crippen LogP contribution in [0.5, 0.6) is 0 Å². The minimum atomic E-state index is -0.594. The summed E-state index contributed by atoms with van der Waals surface area (Å²) in [5.41, 5.74) is 0.505. The standard InChI is InChI=1S/C18H20FN3O2S/c1-11-15(17(24)21-12-7-3-2-4-8-12)25-18(20-11)22-16(23)13-9-5-6-10-14(13)19/h5-6,9-10,12H,2-4,7-8H2,1H3,(H,21,24)(H,20,22,23). The van der Waals surface area contributed by atoms with E-state index in [4.69, 9.17) is 0 Å². The van der Waals surface area contributed by atoms with Crippen molar-refractivity contribution in [3.8, 4) is 0 Å². The van der Waals surface area contributed by atoms with Gasteiger partial charge in [-0.05, 0) is 31.9 Å². The molecule has 1 aromatic heterocycles. The Morgan fingerprint density at radius 1 is 1.16 bits per heavy atom. The lowest BCUT2D eigenvalue weighted by Crippen LogP contribution is -2.36. The number of hydrogen-bond donors (Lipinski definition) is 2. The normalized spacial score (nSPS) is 15.0. The van der Waals surface area contributed by atoms with Crippen LogP contribution in [-0.2, 0) is 0 Å². The fourth-order valence-electron chi connectivity index (χ4n) is 2.97. The van der Waals surface area contributed by atoms with Gasteiger partial charge in [-0.3, -0.25) is 14.9 Å². The molecule has 5 nitrogen and oxygen atoms in total. The van der Waals surface area contributed by atoms with Crippen molar-refractivity contribution in [1.29, 1.82) is 0 Å². The van der Waals surface area contributed by atoms with Gasteiger partial charge >= 0.3 is 0 Å². The molecule has 0 unspecified atom stereocenters. The van der Waals surface area contributed by atoms with Gasteiger partial charge in [-0.2, -0.15) is 0 Å². The average Bonchev–Trinajstić information content (AvgIpc) is 2.96. The van der Waals surface area contributed by atoms with E-state index >= 15 is 0 Å². The highest BCUT2D eigenvalue weighted by Crippen LogP contribution is 2.25. The van der Waals surface area contributed by atoms with Crippen LogP contribution in [0.25, 0.3) is 0 Å². The molecule has 3 rings (SSSR count). The average molecular weight is 361 g/mol. The van der Waals surface area contributed by atoms with E-state index in [-0.39, 0.29) is 17.5 Å². The van der Waals surface area contributed by atoms with Crippen LogP contribution in [0.4, 0.5) is 9.52 Å². The molecule has 0 spiro atoms. The number of carbonyl (C=O) groups excluding carboxylic acids is 2. The highest BCUT2D eigenvalue weighted by Gasteiger charge is 2.21. The minimum absolute atomic E-state index is 0.0523. The number of nitrogens with zero attached hydrogens (tertiary/aromatic N) is 1. The molecule has 1 aromatic carbocycles. The van der Waals surface area contributed by atoms with Crippen LogP contribution >= 0.6 is 11.3 Å². The van der Waals surface area contributed by atoms with Gasteiger partial charge in [0.2, 0.25) is 0 Å². The van der Waals surface area contributed by atoms with Crippen LogP contribution in [0.3, 0.4) is 0 Å². The van der Waals surface area contributed by atoms with Crippen molar-refractivity contribution in [3.05, 3.63) is 46.2 Å². The van der Waals surface area contributed by atoms with Crippen molar-refractivity contribution >= 4 is 28.3 Å². The first kappa shape index (κ1) is 17.5. The van der Waals surface area contributed by atoms with Gasteiger partial charge < -0.3 is 5.32 Å². The number of thiazole rings is 1. The Hall–Kier alpha value is -2.28. The maximum atomic E-state index is 13.7. The third-order valence-corrected chi connectivity index (χ3v) is 5.35. The van der Waals surface area contributed by atoms with E-state index in [1.807, 2.05) is 0 Å². The number of anilines is 1. The van der Waals surface area contributed by atoms with Crippen molar-refractivity contribution in [1.82, 2.24) is 10.3 Å². The lowest BCUT2D eigenvalue weighted by Gasteiger charge is -2.22. The molecule has 7 heteroatoms. The van der Waals surface area contributed by atoms with Gasteiger partial charge in [0.1, 0.15) is 10.7 Å².